The molecule has 0 saturated heterocycles. The van der Waals surface area contributed by atoms with Gasteiger partial charge in [0.15, 0.2) is 5.78 Å². The van der Waals surface area contributed by atoms with E-state index < -0.39 is 48.1 Å². The third kappa shape index (κ3) is 3.69. The van der Waals surface area contributed by atoms with Crippen LogP contribution in [-0.4, -0.2) is 57.2 Å². The Morgan fingerprint density at radius 1 is 1.32 bits per heavy atom. The molecular formula is C19H33NO5. The lowest BCUT2D eigenvalue weighted by atomic mass is 9.54. The van der Waals surface area contributed by atoms with Crippen molar-refractivity contribution in [2.45, 2.75) is 64.4 Å². The quantitative estimate of drug-likeness (QED) is 0.434. The normalized spacial score (nSPS) is 40.0. The van der Waals surface area contributed by atoms with E-state index in [4.69, 9.17) is 5.73 Å². The van der Waals surface area contributed by atoms with Crippen molar-refractivity contribution in [3.05, 3.63) is 12.2 Å². The minimum absolute atomic E-state index is 0.0309. The summed E-state index contributed by atoms with van der Waals surface area (Å²) in [5, 5.41) is 41.1. The average Bonchev–Trinajstić information content (AvgIpc) is 2.57. The molecule has 0 bridgehead atoms. The summed E-state index contributed by atoms with van der Waals surface area (Å²) in [7, 11) is 0. The van der Waals surface area contributed by atoms with Crippen LogP contribution in [0.5, 0.6) is 0 Å². The molecule has 0 heterocycles. The van der Waals surface area contributed by atoms with Gasteiger partial charge in [0.2, 0.25) is 0 Å². The molecule has 0 aliphatic heterocycles. The van der Waals surface area contributed by atoms with Gasteiger partial charge in [0, 0.05) is 5.41 Å². The van der Waals surface area contributed by atoms with Crippen LogP contribution in [0.4, 0.5) is 0 Å². The Hall–Kier alpha value is -0.790. The van der Waals surface area contributed by atoms with E-state index in [1.54, 1.807) is 13.0 Å². The average molecular weight is 355 g/mol. The lowest BCUT2D eigenvalue weighted by molar-refractivity contribution is -0.153. The molecule has 0 amide bonds. The van der Waals surface area contributed by atoms with E-state index in [1.807, 2.05) is 6.08 Å². The Kier molecular flexibility index (Phi) is 6.44. The maximum atomic E-state index is 12.6. The molecule has 0 aromatic rings. The zero-order chi connectivity index (χ0) is 18.9. The number of Topliss-reactive ketones (excluding diaryl/α,β-unsaturated/α-hetero) is 1. The van der Waals surface area contributed by atoms with Crippen molar-refractivity contribution in [1.29, 1.82) is 0 Å². The van der Waals surface area contributed by atoms with Gasteiger partial charge in [0.05, 0.1) is 36.9 Å². The zero-order valence-electron chi connectivity index (χ0n) is 15.4. The van der Waals surface area contributed by atoms with Crippen LogP contribution in [0.1, 0.15) is 40.0 Å². The zero-order valence-corrected chi connectivity index (χ0v) is 15.4. The molecule has 0 spiro atoms. The lowest BCUT2D eigenvalue weighted by Gasteiger charge is -2.53. The maximum absolute atomic E-state index is 12.6. The fraction of sp³-hybridized carbons (Fsp3) is 0.842. The fourth-order valence-corrected chi connectivity index (χ4v) is 4.74. The number of aliphatic hydroxyl groups excluding tert-OH is 4. The third-order valence-electron chi connectivity index (χ3n) is 6.57. The first-order valence-electron chi connectivity index (χ1n) is 9.27. The standard InChI is InChI=1S/C19H33NO5/c1-10-4-6-14-12(8-10)5-7-15(23)19(14,3)18(25)13(9-21)17(24)16(20)11(2)22/h5,7,10-16,18,21-23,25H,4,6,8-9,20H2,1-3H3/t10-,11+,12+,13?,14?,15-,16?,18-,19-/m0/s1. The van der Waals surface area contributed by atoms with Gasteiger partial charge < -0.3 is 26.2 Å². The maximum Gasteiger partial charge on any atom is 0.160 e. The summed E-state index contributed by atoms with van der Waals surface area (Å²) in [6, 6.07) is -1.17. The number of carbonyl (C=O) groups excluding carboxylic acids is 1. The summed E-state index contributed by atoms with van der Waals surface area (Å²) in [5.74, 6) is -0.846. The van der Waals surface area contributed by atoms with Crippen molar-refractivity contribution >= 4 is 5.78 Å². The molecule has 0 aromatic heterocycles. The Morgan fingerprint density at radius 2 is 1.96 bits per heavy atom. The summed E-state index contributed by atoms with van der Waals surface area (Å²) in [5.41, 5.74) is 4.79. The van der Waals surface area contributed by atoms with Crippen LogP contribution in [0.25, 0.3) is 0 Å². The Morgan fingerprint density at radius 3 is 2.52 bits per heavy atom. The highest BCUT2D eigenvalue weighted by molar-refractivity contribution is 5.87. The summed E-state index contributed by atoms with van der Waals surface area (Å²) in [6.07, 6.45) is 3.37. The van der Waals surface area contributed by atoms with Crippen LogP contribution < -0.4 is 5.73 Å². The van der Waals surface area contributed by atoms with E-state index in [1.165, 1.54) is 6.92 Å². The van der Waals surface area contributed by atoms with Gasteiger partial charge in [-0.3, -0.25) is 4.79 Å². The smallest absolute Gasteiger partial charge is 0.160 e. The monoisotopic (exact) mass is 355 g/mol. The molecule has 0 radical (unpaired) electrons. The first kappa shape index (κ1) is 20.5. The van der Waals surface area contributed by atoms with Crippen LogP contribution in [0.15, 0.2) is 12.2 Å². The number of ketones is 1. The van der Waals surface area contributed by atoms with Crippen molar-refractivity contribution in [3.63, 3.8) is 0 Å². The molecule has 9 atom stereocenters. The Bertz CT molecular complexity index is 508. The molecule has 0 aromatic carbocycles. The lowest BCUT2D eigenvalue weighted by Crippen LogP contribution is -2.59. The third-order valence-corrected chi connectivity index (χ3v) is 6.57. The SMILES string of the molecule is C[C@H]1CCC2[C@H](C=C[C@H](O)[C@@]2(C)[C@@H](O)C(CO)C(=O)C(N)[C@@H](C)O)C1. The summed E-state index contributed by atoms with van der Waals surface area (Å²) >= 11 is 0. The van der Waals surface area contributed by atoms with Crippen LogP contribution in [-0.2, 0) is 4.79 Å². The Labute approximate surface area is 149 Å². The first-order valence-corrected chi connectivity index (χ1v) is 9.27. The van der Waals surface area contributed by atoms with Gasteiger partial charge in [0.25, 0.3) is 0 Å². The topological polar surface area (TPSA) is 124 Å². The molecule has 1 saturated carbocycles. The van der Waals surface area contributed by atoms with E-state index >= 15 is 0 Å². The van der Waals surface area contributed by atoms with E-state index in [-0.39, 0.29) is 11.8 Å². The molecule has 1 fully saturated rings. The van der Waals surface area contributed by atoms with Crippen molar-refractivity contribution in [3.8, 4) is 0 Å². The van der Waals surface area contributed by atoms with Crippen molar-refractivity contribution in [2.24, 2.45) is 34.8 Å². The molecule has 6 heteroatoms. The number of nitrogens with two attached hydrogens (primary N) is 1. The molecule has 2 aliphatic rings. The summed E-state index contributed by atoms with van der Waals surface area (Å²) < 4.78 is 0. The number of hydrogen-bond acceptors (Lipinski definition) is 6. The molecule has 6 nitrogen and oxygen atoms in total. The largest absolute Gasteiger partial charge is 0.396 e. The van der Waals surface area contributed by atoms with Gasteiger partial charge in [0.1, 0.15) is 0 Å². The number of hydrogen-bond donors (Lipinski definition) is 5. The minimum Gasteiger partial charge on any atom is -0.396 e. The van der Waals surface area contributed by atoms with Gasteiger partial charge in [-0.05, 0) is 37.5 Å². The van der Waals surface area contributed by atoms with E-state index in [9.17, 15) is 25.2 Å². The van der Waals surface area contributed by atoms with E-state index in [0.717, 1.165) is 19.3 Å². The number of aliphatic hydroxyl groups is 4. The van der Waals surface area contributed by atoms with E-state index in [0.29, 0.717) is 5.92 Å². The van der Waals surface area contributed by atoms with E-state index in [2.05, 4.69) is 6.92 Å². The molecular weight excluding hydrogens is 322 g/mol. The molecule has 6 N–H and O–H groups in total. The summed E-state index contributed by atoms with van der Waals surface area (Å²) in [4.78, 5) is 12.6. The number of carbonyl (C=O) groups is 1. The number of fused-ring (bicyclic) bond motifs is 1. The highest BCUT2D eigenvalue weighted by atomic mass is 16.3. The van der Waals surface area contributed by atoms with Crippen LogP contribution in [0, 0.1) is 29.1 Å². The van der Waals surface area contributed by atoms with Gasteiger partial charge in [-0.1, -0.05) is 32.4 Å². The second kappa shape index (κ2) is 7.84. The summed E-state index contributed by atoms with van der Waals surface area (Å²) in [6.45, 7) is 4.83. The Balaban J connectivity index is 2.31. The van der Waals surface area contributed by atoms with Crippen LogP contribution in [0.2, 0.25) is 0 Å². The first-order chi connectivity index (χ1) is 11.6. The molecule has 25 heavy (non-hydrogen) atoms. The number of rotatable bonds is 6. The van der Waals surface area contributed by atoms with Crippen molar-refractivity contribution in [2.75, 3.05) is 6.61 Å². The number of allylic oxidation sites excluding steroid dienone is 1. The van der Waals surface area contributed by atoms with Gasteiger partial charge in [-0.2, -0.15) is 0 Å². The van der Waals surface area contributed by atoms with Gasteiger partial charge in [-0.25, -0.2) is 0 Å². The van der Waals surface area contributed by atoms with Gasteiger partial charge in [-0.15, -0.1) is 0 Å². The highest BCUT2D eigenvalue weighted by Gasteiger charge is 2.54. The van der Waals surface area contributed by atoms with Gasteiger partial charge >= 0.3 is 0 Å². The second-order valence-electron chi connectivity index (χ2n) is 8.29. The molecule has 3 unspecified atom stereocenters. The second-order valence-corrected chi connectivity index (χ2v) is 8.29. The van der Waals surface area contributed by atoms with Crippen LogP contribution in [0.3, 0.4) is 0 Å². The molecule has 144 valence electrons. The predicted molar refractivity (Wildman–Crippen MR) is 94.5 cm³/mol. The highest BCUT2D eigenvalue weighted by Crippen LogP contribution is 2.52. The van der Waals surface area contributed by atoms with Crippen molar-refractivity contribution in [1.82, 2.24) is 0 Å². The minimum atomic E-state index is -1.24. The fourth-order valence-electron chi connectivity index (χ4n) is 4.74. The molecule has 2 aliphatic carbocycles. The molecule has 2 rings (SSSR count). The van der Waals surface area contributed by atoms with Crippen LogP contribution >= 0.6 is 0 Å². The predicted octanol–water partition coefficient (Wildman–Crippen LogP) is 0.222. The van der Waals surface area contributed by atoms with Crippen molar-refractivity contribution < 1.29 is 25.2 Å².